The SMILES string of the molecule is CCCOc1c(C(=O)OC)sc2ccc(NC(=O)Nc3cccc(SC)c3)cc12. The highest BCUT2D eigenvalue weighted by atomic mass is 32.2. The highest BCUT2D eigenvalue weighted by molar-refractivity contribution is 7.98. The predicted octanol–water partition coefficient (Wildman–Crippen LogP) is 5.84. The Morgan fingerprint density at radius 1 is 1.10 bits per heavy atom. The topological polar surface area (TPSA) is 76.7 Å². The summed E-state index contributed by atoms with van der Waals surface area (Å²) in [5.74, 6) is 0.0636. The maximum absolute atomic E-state index is 12.4. The second kappa shape index (κ2) is 9.67. The van der Waals surface area contributed by atoms with Gasteiger partial charge in [-0.15, -0.1) is 23.1 Å². The number of esters is 1. The van der Waals surface area contributed by atoms with E-state index in [9.17, 15) is 9.59 Å². The largest absolute Gasteiger partial charge is 0.491 e. The van der Waals surface area contributed by atoms with Gasteiger partial charge in [-0.3, -0.25) is 0 Å². The van der Waals surface area contributed by atoms with Gasteiger partial charge in [0.15, 0.2) is 10.6 Å². The lowest BCUT2D eigenvalue weighted by Crippen LogP contribution is -2.19. The molecule has 2 aromatic carbocycles. The van der Waals surface area contributed by atoms with Crippen LogP contribution in [-0.2, 0) is 4.74 Å². The summed E-state index contributed by atoms with van der Waals surface area (Å²) in [5, 5.41) is 6.43. The number of carbonyl (C=O) groups excluding carboxylic acids is 2. The number of thioether (sulfide) groups is 1. The molecule has 152 valence electrons. The molecule has 0 fully saturated rings. The number of nitrogens with one attached hydrogen (secondary N) is 2. The van der Waals surface area contributed by atoms with Gasteiger partial charge < -0.3 is 20.1 Å². The van der Waals surface area contributed by atoms with Crippen molar-refractivity contribution >= 4 is 56.6 Å². The molecule has 2 amide bonds. The maximum atomic E-state index is 12.4. The molecule has 0 aliphatic rings. The molecule has 0 aliphatic carbocycles. The fraction of sp³-hybridized carbons (Fsp3) is 0.238. The lowest BCUT2D eigenvalue weighted by atomic mass is 10.2. The highest BCUT2D eigenvalue weighted by Crippen LogP contribution is 2.39. The van der Waals surface area contributed by atoms with Gasteiger partial charge in [0, 0.05) is 26.4 Å². The molecular formula is C21H22N2O4S2. The Morgan fingerprint density at radius 2 is 1.86 bits per heavy atom. The summed E-state index contributed by atoms with van der Waals surface area (Å²) in [6, 6.07) is 12.7. The summed E-state index contributed by atoms with van der Waals surface area (Å²) in [6.07, 6.45) is 2.80. The molecule has 0 saturated heterocycles. The molecule has 3 rings (SSSR count). The minimum Gasteiger partial charge on any atom is -0.491 e. The van der Waals surface area contributed by atoms with Crippen LogP contribution in [-0.4, -0.2) is 32.0 Å². The molecule has 1 aromatic heterocycles. The molecule has 0 radical (unpaired) electrons. The summed E-state index contributed by atoms with van der Waals surface area (Å²) < 4.78 is 11.6. The second-order valence-electron chi connectivity index (χ2n) is 6.12. The van der Waals surface area contributed by atoms with Crippen LogP contribution in [0.25, 0.3) is 10.1 Å². The summed E-state index contributed by atoms with van der Waals surface area (Å²) in [6.45, 7) is 2.48. The van der Waals surface area contributed by atoms with Crippen LogP contribution in [0.3, 0.4) is 0 Å². The summed E-state index contributed by atoms with van der Waals surface area (Å²) in [7, 11) is 1.35. The van der Waals surface area contributed by atoms with E-state index in [0.29, 0.717) is 28.6 Å². The number of benzene rings is 2. The van der Waals surface area contributed by atoms with E-state index >= 15 is 0 Å². The number of thiophene rings is 1. The number of ether oxygens (including phenoxy) is 2. The van der Waals surface area contributed by atoms with E-state index in [0.717, 1.165) is 21.4 Å². The lowest BCUT2D eigenvalue weighted by Gasteiger charge is -2.09. The Kier molecular flexibility index (Phi) is 7.00. The normalized spacial score (nSPS) is 10.6. The fourth-order valence-electron chi connectivity index (χ4n) is 2.72. The third kappa shape index (κ3) is 5.02. The van der Waals surface area contributed by atoms with Crippen LogP contribution < -0.4 is 15.4 Å². The van der Waals surface area contributed by atoms with E-state index in [2.05, 4.69) is 10.6 Å². The number of hydrogen-bond donors (Lipinski definition) is 2. The van der Waals surface area contributed by atoms with Gasteiger partial charge in [0.2, 0.25) is 0 Å². The summed E-state index contributed by atoms with van der Waals surface area (Å²) in [5.41, 5.74) is 1.32. The summed E-state index contributed by atoms with van der Waals surface area (Å²) in [4.78, 5) is 26.0. The Hall–Kier alpha value is -2.71. The number of rotatable bonds is 7. The zero-order chi connectivity index (χ0) is 20.8. The van der Waals surface area contributed by atoms with Crippen LogP contribution in [0, 0.1) is 0 Å². The number of urea groups is 1. The van der Waals surface area contributed by atoms with Crippen LogP contribution >= 0.6 is 23.1 Å². The number of carbonyl (C=O) groups is 2. The van der Waals surface area contributed by atoms with Gasteiger partial charge in [-0.25, -0.2) is 9.59 Å². The van der Waals surface area contributed by atoms with E-state index < -0.39 is 5.97 Å². The molecule has 0 bridgehead atoms. The monoisotopic (exact) mass is 430 g/mol. The maximum Gasteiger partial charge on any atom is 0.351 e. The highest BCUT2D eigenvalue weighted by Gasteiger charge is 2.21. The van der Waals surface area contributed by atoms with Crippen LogP contribution in [0.5, 0.6) is 5.75 Å². The quantitative estimate of drug-likeness (QED) is 0.364. The standard InChI is InChI=1S/C21H22N2O4S2/c1-4-10-27-18-16-12-14(8-9-17(16)29-19(18)20(24)26-2)23-21(25)22-13-6-5-7-15(11-13)28-3/h5-9,11-12H,4,10H2,1-3H3,(H2,22,23,25). The summed E-state index contributed by atoms with van der Waals surface area (Å²) >= 11 is 2.92. The van der Waals surface area contributed by atoms with Gasteiger partial charge >= 0.3 is 12.0 Å². The average molecular weight is 431 g/mol. The molecule has 29 heavy (non-hydrogen) atoms. The van der Waals surface area contributed by atoms with Gasteiger partial charge in [-0.2, -0.15) is 0 Å². The van der Waals surface area contributed by atoms with Crippen molar-refractivity contribution in [2.24, 2.45) is 0 Å². The minimum absolute atomic E-state index is 0.345. The van der Waals surface area contributed by atoms with E-state index in [4.69, 9.17) is 9.47 Å². The number of anilines is 2. The van der Waals surface area contributed by atoms with Gasteiger partial charge in [-0.05, 0) is 49.1 Å². The molecule has 0 spiro atoms. The first kappa shape index (κ1) is 21.0. The van der Waals surface area contributed by atoms with Crippen molar-refractivity contribution in [2.45, 2.75) is 18.2 Å². The van der Waals surface area contributed by atoms with Crippen molar-refractivity contribution in [1.82, 2.24) is 0 Å². The predicted molar refractivity (Wildman–Crippen MR) is 120 cm³/mol. The average Bonchev–Trinajstić information content (AvgIpc) is 3.09. The molecule has 8 heteroatoms. The number of fused-ring (bicyclic) bond motifs is 1. The van der Waals surface area contributed by atoms with E-state index in [1.54, 1.807) is 23.9 Å². The molecule has 3 aromatic rings. The Labute approximate surface area is 177 Å². The van der Waals surface area contributed by atoms with Gasteiger partial charge in [0.05, 0.1) is 13.7 Å². The van der Waals surface area contributed by atoms with Crippen molar-refractivity contribution in [3.8, 4) is 5.75 Å². The molecule has 0 atom stereocenters. The van der Waals surface area contributed by atoms with Crippen molar-refractivity contribution in [3.63, 3.8) is 0 Å². The van der Waals surface area contributed by atoms with Crippen molar-refractivity contribution in [3.05, 3.63) is 47.3 Å². The van der Waals surface area contributed by atoms with Crippen molar-refractivity contribution < 1.29 is 19.1 Å². The van der Waals surface area contributed by atoms with Gasteiger partial charge in [0.1, 0.15) is 0 Å². The number of methoxy groups -OCH3 is 1. The molecule has 0 saturated carbocycles. The third-order valence-corrected chi connectivity index (χ3v) is 5.91. The van der Waals surface area contributed by atoms with Crippen LogP contribution in [0.15, 0.2) is 47.4 Å². The fourth-order valence-corrected chi connectivity index (χ4v) is 4.23. The van der Waals surface area contributed by atoms with E-state index in [1.165, 1.54) is 18.4 Å². The third-order valence-electron chi connectivity index (χ3n) is 4.05. The Balaban J connectivity index is 1.84. The number of hydrogen-bond acceptors (Lipinski definition) is 6. The van der Waals surface area contributed by atoms with Gasteiger partial charge in [0.25, 0.3) is 0 Å². The van der Waals surface area contributed by atoms with Crippen molar-refractivity contribution in [1.29, 1.82) is 0 Å². The van der Waals surface area contributed by atoms with Crippen LogP contribution in [0.1, 0.15) is 23.0 Å². The van der Waals surface area contributed by atoms with Crippen molar-refractivity contribution in [2.75, 3.05) is 30.6 Å². The van der Waals surface area contributed by atoms with E-state index in [1.807, 2.05) is 43.5 Å². The Morgan fingerprint density at radius 3 is 2.55 bits per heavy atom. The first-order valence-corrected chi connectivity index (χ1v) is 11.1. The zero-order valence-electron chi connectivity index (χ0n) is 16.4. The molecule has 1 heterocycles. The Bertz CT molecular complexity index is 1030. The molecular weight excluding hydrogens is 408 g/mol. The number of amides is 2. The van der Waals surface area contributed by atoms with Crippen LogP contribution in [0.2, 0.25) is 0 Å². The lowest BCUT2D eigenvalue weighted by molar-refractivity contribution is 0.0602. The second-order valence-corrected chi connectivity index (χ2v) is 8.05. The minimum atomic E-state index is -0.432. The molecule has 2 N–H and O–H groups in total. The van der Waals surface area contributed by atoms with Gasteiger partial charge in [-0.1, -0.05) is 13.0 Å². The molecule has 0 unspecified atom stereocenters. The zero-order valence-corrected chi connectivity index (χ0v) is 18.0. The van der Waals surface area contributed by atoms with Crippen LogP contribution in [0.4, 0.5) is 16.2 Å². The first-order valence-electron chi connectivity index (χ1n) is 9.05. The molecule has 6 nitrogen and oxygen atoms in total. The first-order chi connectivity index (χ1) is 14.0. The smallest absolute Gasteiger partial charge is 0.351 e. The van der Waals surface area contributed by atoms with E-state index in [-0.39, 0.29) is 6.03 Å². The molecule has 0 aliphatic heterocycles.